The van der Waals surface area contributed by atoms with Gasteiger partial charge in [-0.25, -0.2) is 0 Å². The van der Waals surface area contributed by atoms with E-state index in [2.05, 4.69) is 34.5 Å². The standard InChI is InChI=1S/C16H24N2O2/c1-13(19)7-8-16(20)17-10-4-11-18-12-9-14-5-2-3-6-15(14)18/h2-3,5-6,13,19H,4,7-12H2,1H3,(H,17,20). The van der Waals surface area contributed by atoms with Gasteiger partial charge >= 0.3 is 0 Å². The van der Waals surface area contributed by atoms with E-state index in [1.54, 1.807) is 6.92 Å². The molecule has 0 fully saturated rings. The first-order chi connectivity index (χ1) is 9.66. The highest BCUT2D eigenvalue weighted by atomic mass is 16.3. The summed E-state index contributed by atoms with van der Waals surface area (Å²) in [4.78, 5) is 13.9. The van der Waals surface area contributed by atoms with Gasteiger partial charge in [-0.2, -0.15) is 0 Å². The normalized spacial score (nSPS) is 15.0. The largest absolute Gasteiger partial charge is 0.393 e. The molecule has 1 aliphatic heterocycles. The second kappa shape index (κ2) is 7.29. The van der Waals surface area contributed by atoms with E-state index >= 15 is 0 Å². The van der Waals surface area contributed by atoms with Crippen LogP contribution in [0.15, 0.2) is 24.3 Å². The Hall–Kier alpha value is -1.55. The van der Waals surface area contributed by atoms with Gasteiger partial charge in [0.2, 0.25) is 5.91 Å². The van der Waals surface area contributed by atoms with Crippen molar-refractivity contribution in [1.29, 1.82) is 0 Å². The van der Waals surface area contributed by atoms with Crippen LogP contribution in [0.25, 0.3) is 0 Å². The molecule has 1 aromatic rings. The highest BCUT2D eigenvalue weighted by Gasteiger charge is 2.17. The SMILES string of the molecule is CC(O)CCC(=O)NCCCN1CCc2ccccc21. The number of hydrogen-bond donors (Lipinski definition) is 2. The van der Waals surface area contributed by atoms with Crippen LogP contribution in [0.5, 0.6) is 0 Å². The fraction of sp³-hybridized carbons (Fsp3) is 0.562. The second-order valence-electron chi connectivity index (χ2n) is 5.46. The molecule has 20 heavy (non-hydrogen) atoms. The van der Waals surface area contributed by atoms with Crippen LogP contribution in [0.4, 0.5) is 5.69 Å². The predicted octanol–water partition coefficient (Wildman–Crippen LogP) is 1.72. The number of nitrogens with zero attached hydrogens (tertiary/aromatic N) is 1. The van der Waals surface area contributed by atoms with Crippen LogP contribution in [0.2, 0.25) is 0 Å². The quantitative estimate of drug-likeness (QED) is 0.746. The van der Waals surface area contributed by atoms with E-state index in [0.717, 1.165) is 25.9 Å². The van der Waals surface area contributed by atoms with E-state index in [4.69, 9.17) is 5.11 Å². The van der Waals surface area contributed by atoms with Crippen molar-refractivity contribution in [2.75, 3.05) is 24.5 Å². The molecule has 1 atom stereocenters. The van der Waals surface area contributed by atoms with Crippen LogP contribution < -0.4 is 10.2 Å². The summed E-state index contributed by atoms with van der Waals surface area (Å²) in [7, 11) is 0. The number of hydrogen-bond acceptors (Lipinski definition) is 3. The Kier molecular flexibility index (Phi) is 5.41. The third-order valence-electron chi connectivity index (χ3n) is 3.70. The lowest BCUT2D eigenvalue weighted by Gasteiger charge is -2.19. The molecular weight excluding hydrogens is 252 g/mol. The summed E-state index contributed by atoms with van der Waals surface area (Å²) in [6, 6.07) is 8.52. The number of fused-ring (bicyclic) bond motifs is 1. The molecule has 0 spiro atoms. The molecule has 0 aliphatic carbocycles. The summed E-state index contributed by atoms with van der Waals surface area (Å²) in [6.07, 6.45) is 2.61. The molecule has 0 bridgehead atoms. The Labute approximate surface area is 120 Å². The highest BCUT2D eigenvalue weighted by Crippen LogP contribution is 2.27. The molecule has 1 heterocycles. The maximum absolute atomic E-state index is 11.5. The maximum atomic E-state index is 11.5. The van der Waals surface area contributed by atoms with Gasteiger partial charge in [-0.3, -0.25) is 4.79 Å². The predicted molar refractivity (Wildman–Crippen MR) is 80.9 cm³/mol. The van der Waals surface area contributed by atoms with Crippen LogP contribution in [0.3, 0.4) is 0 Å². The van der Waals surface area contributed by atoms with E-state index in [1.165, 1.54) is 11.3 Å². The maximum Gasteiger partial charge on any atom is 0.220 e. The monoisotopic (exact) mass is 276 g/mol. The average molecular weight is 276 g/mol. The van der Waals surface area contributed by atoms with Crippen molar-refractivity contribution in [3.63, 3.8) is 0 Å². The van der Waals surface area contributed by atoms with Crippen LogP contribution in [0, 0.1) is 0 Å². The van der Waals surface area contributed by atoms with Gasteiger partial charge < -0.3 is 15.3 Å². The summed E-state index contributed by atoms with van der Waals surface area (Å²) in [5, 5.41) is 12.0. The number of amides is 1. The fourth-order valence-corrected chi connectivity index (χ4v) is 2.56. The summed E-state index contributed by atoms with van der Waals surface area (Å²) in [6.45, 7) is 4.47. The molecule has 0 saturated heterocycles. The molecule has 110 valence electrons. The number of benzene rings is 1. The van der Waals surface area contributed by atoms with Gasteiger partial charge in [0, 0.05) is 31.7 Å². The smallest absolute Gasteiger partial charge is 0.220 e. The van der Waals surface area contributed by atoms with Crippen LogP contribution >= 0.6 is 0 Å². The number of anilines is 1. The van der Waals surface area contributed by atoms with Crippen molar-refractivity contribution < 1.29 is 9.90 Å². The fourth-order valence-electron chi connectivity index (χ4n) is 2.56. The molecule has 4 heteroatoms. The van der Waals surface area contributed by atoms with E-state index in [0.29, 0.717) is 19.4 Å². The summed E-state index contributed by atoms with van der Waals surface area (Å²) in [5.41, 5.74) is 2.77. The molecular formula is C16H24N2O2. The molecule has 1 aromatic carbocycles. The van der Waals surface area contributed by atoms with Gasteiger partial charge in [-0.1, -0.05) is 18.2 Å². The van der Waals surface area contributed by atoms with E-state index in [9.17, 15) is 4.79 Å². The van der Waals surface area contributed by atoms with Gasteiger partial charge in [0.05, 0.1) is 6.10 Å². The van der Waals surface area contributed by atoms with Crippen molar-refractivity contribution in [3.05, 3.63) is 29.8 Å². The number of aliphatic hydroxyl groups is 1. The molecule has 2 N–H and O–H groups in total. The summed E-state index contributed by atoms with van der Waals surface area (Å²) < 4.78 is 0. The zero-order valence-electron chi connectivity index (χ0n) is 12.1. The lowest BCUT2D eigenvalue weighted by atomic mass is 10.2. The van der Waals surface area contributed by atoms with Crippen LogP contribution in [-0.2, 0) is 11.2 Å². The zero-order chi connectivity index (χ0) is 14.4. The van der Waals surface area contributed by atoms with Crippen LogP contribution in [0.1, 0.15) is 31.7 Å². The third-order valence-corrected chi connectivity index (χ3v) is 3.70. The number of para-hydroxylation sites is 1. The number of rotatable bonds is 7. The number of carbonyl (C=O) groups is 1. The van der Waals surface area contributed by atoms with E-state index in [1.807, 2.05) is 0 Å². The summed E-state index contributed by atoms with van der Waals surface area (Å²) >= 11 is 0. The molecule has 2 rings (SSSR count). The third kappa shape index (κ3) is 4.23. The van der Waals surface area contributed by atoms with Crippen molar-refractivity contribution >= 4 is 11.6 Å². The van der Waals surface area contributed by atoms with Crippen molar-refractivity contribution in [2.24, 2.45) is 0 Å². The Balaban J connectivity index is 1.64. The second-order valence-corrected chi connectivity index (χ2v) is 5.46. The molecule has 0 saturated carbocycles. The Morgan fingerprint density at radius 2 is 2.25 bits per heavy atom. The number of aliphatic hydroxyl groups excluding tert-OH is 1. The van der Waals surface area contributed by atoms with Crippen molar-refractivity contribution in [1.82, 2.24) is 5.32 Å². The van der Waals surface area contributed by atoms with Gasteiger partial charge in [0.25, 0.3) is 0 Å². The average Bonchev–Trinajstić information content (AvgIpc) is 2.85. The Bertz CT molecular complexity index is 446. The lowest BCUT2D eigenvalue weighted by molar-refractivity contribution is -0.121. The minimum Gasteiger partial charge on any atom is -0.393 e. The molecule has 4 nitrogen and oxygen atoms in total. The Morgan fingerprint density at radius 1 is 1.45 bits per heavy atom. The van der Waals surface area contributed by atoms with Gasteiger partial charge in [0.15, 0.2) is 0 Å². The van der Waals surface area contributed by atoms with Gasteiger partial charge in [0.1, 0.15) is 0 Å². The topological polar surface area (TPSA) is 52.6 Å². The summed E-state index contributed by atoms with van der Waals surface area (Å²) in [5.74, 6) is 0.0349. The van der Waals surface area contributed by atoms with E-state index in [-0.39, 0.29) is 5.91 Å². The first-order valence-electron chi connectivity index (χ1n) is 7.44. The van der Waals surface area contributed by atoms with Gasteiger partial charge in [-0.05, 0) is 37.8 Å². The van der Waals surface area contributed by atoms with Crippen LogP contribution in [-0.4, -0.2) is 36.8 Å². The first-order valence-corrected chi connectivity index (χ1v) is 7.44. The lowest BCUT2D eigenvalue weighted by Crippen LogP contribution is -2.29. The van der Waals surface area contributed by atoms with Crippen molar-refractivity contribution in [2.45, 2.75) is 38.7 Å². The Morgan fingerprint density at radius 3 is 3.05 bits per heavy atom. The molecule has 0 aromatic heterocycles. The molecule has 1 unspecified atom stereocenters. The zero-order valence-corrected chi connectivity index (χ0v) is 12.1. The first kappa shape index (κ1) is 14.9. The highest BCUT2D eigenvalue weighted by molar-refractivity contribution is 5.75. The number of nitrogens with one attached hydrogen (secondary N) is 1. The van der Waals surface area contributed by atoms with Crippen molar-refractivity contribution in [3.8, 4) is 0 Å². The molecule has 1 aliphatic rings. The number of carbonyl (C=O) groups excluding carboxylic acids is 1. The minimum absolute atomic E-state index is 0.0349. The minimum atomic E-state index is -0.401. The van der Waals surface area contributed by atoms with Gasteiger partial charge in [-0.15, -0.1) is 0 Å². The molecule has 0 radical (unpaired) electrons. The molecule has 1 amide bonds. The van der Waals surface area contributed by atoms with E-state index < -0.39 is 6.10 Å².